The van der Waals surface area contributed by atoms with Crippen molar-refractivity contribution in [1.29, 1.82) is 0 Å². The number of nitrogens with one attached hydrogen (secondary N) is 2. The molecule has 1 unspecified atom stereocenters. The highest BCUT2D eigenvalue weighted by Gasteiger charge is 2.14. The lowest BCUT2D eigenvalue weighted by Gasteiger charge is -2.26. The summed E-state index contributed by atoms with van der Waals surface area (Å²) in [6, 6.07) is 9.23. The zero-order valence-electron chi connectivity index (χ0n) is 20.4. The first kappa shape index (κ1) is 26.6. The van der Waals surface area contributed by atoms with Gasteiger partial charge in [-0.15, -0.1) is 24.0 Å². The van der Waals surface area contributed by atoms with Gasteiger partial charge in [-0.25, -0.2) is 4.99 Å². The molecule has 2 heterocycles. The van der Waals surface area contributed by atoms with E-state index >= 15 is 0 Å². The molecule has 0 saturated carbocycles. The van der Waals surface area contributed by atoms with Gasteiger partial charge in [0, 0.05) is 31.9 Å². The van der Waals surface area contributed by atoms with E-state index in [-0.39, 0.29) is 30.0 Å². The second-order valence-corrected chi connectivity index (χ2v) is 8.87. The fraction of sp³-hybridized carbons (Fsp3) is 0.600. The minimum absolute atomic E-state index is 0. The van der Waals surface area contributed by atoms with Crippen LogP contribution in [0, 0.1) is 13.8 Å². The third-order valence-electron chi connectivity index (χ3n) is 6.19. The summed E-state index contributed by atoms with van der Waals surface area (Å²) in [5.41, 5.74) is 6.31. The van der Waals surface area contributed by atoms with Crippen LogP contribution in [0.25, 0.3) is 0 Å². The zero-order chi connectivity index (χ0) is 22.2. The first-order valence-electron chi connectivity index (χ1n) is 11.8. The smallest absolute Gasteiger partial charge is 0.191 e. The number of hydrogen-bond acceptors (Lipinski definition) is 3. The van der Waals surface area contributed by atoms with Gasteiger partial charge in [0.05, 0.1) is 12.2 Å². The second kappa shape index (κ2) is 13.2. The predicted octanol–water partition coefficient (Wildman–Crippen LogP) is 4.33. The largest absolute Gasteiger partial charge is 0.357 e. The van der Waals surface area contributed by atoms with Crippen molar-refractivity contribution in [3.05, 3.63) is 52.3 Å². The summed E-state index contributed by atoms with van der Waals surface area (Å²) in [4.78, 5) is 7.39. The van der Waals surface area contributed by atoms with Crippen molar-refractivity contribution in [3.63, 3.8) is 0 Å². The molecular formula is C25H41IN6. The van der Waals surface area contributed by atoms with Crippen LogP contribution in [-0.2, 0) is 26.6 Å². The van der Waals surface area contributed by atoms with E-state index in [1.54, 1.807) is 0 Å². The molecule has 3 rings (SSSR count). The molecule has 6 nitrogen and oxygen atoms in total. The summed E-state index contributed by atoms with van der Waals surface area (Å²) >= 11 is 0. The molecule has 0 radical (unpaired) electrons. The SMILES string of the molecule is CCNC(=NCc1ccc(CN2CCCCC2)cc1)NC(C)Cc1c(C)nn(C)c1C.I. The molecule has 1 aliphatic rings. The third-order valence-corrected chi connectivity index (χ3v) is 6.19. The maximum atomic E-state index is 4.82. The van der Waals surface area contributed by atoms with Gasteiger partial charge < -0.3 is 10.6 Å². The van der Waals surface area contributed by atoms with E-state index in [0.29, 0.717) is 6.54 Å². The molecule has 178 valence electrons. The number of halogens is 1. The predicted molar refractivity (Wildman–Crippen MR) is 145 cm³/mol. The Morgan fingerprint density at radius 1 is 1.09 bits per heavy atom. The number of benzene rings is 1. The van der Waals surface area contributed by atoms with Crippen molar-refractivity contribution < 1.29 is 0 Å². The molecule has 7 heteroatoms. The Morgan fingerprint density at radius 2 is 1.75 bits per heavy atom. The van der Waals surface area contributed by atoms with Crippen LogP contribution in [0.1, 0.15) is 61.2 Å². The monoisotopic (exact) mass is 552 g/mol. The minimum atomic E-state index is 0. The third kappa shape index (κ3) is 7.76. The highest BCUT2D eigenvalue weighted by Crippen LogP contribution is 2.15. The number of likely N-dealkylation sites (tertiary alicyclic amines) is 1. The van der Waals surface area contributed by atoms with Crippen LogP contribution in [0.4, 0.5) is 0 Å². The number of aliphatic imine (C=N–C) groups is 1. The van der Waals surface area contributed by atoms with E-state index in [4.69, 9.17) is 4.99 Å². The van der Waals surface area contributed by atoms with Crippen LogP contribution < -0.4 is 10.6 Å². The number of nitrogens with zero attached hydrogens (tertiary/aromatic N) is 4. The summed E-state index contributed by atoms with van der Waals surface area (Å²) < 4.78 is 1.96. The molecule has 1 saturated heterocycles. The molecular weight excluding hydrogens is 511 g/mol. The maximum Gasteiger partial charge on any atom is 0.191 e. The number of piperidine rings is 1. The van der Waals surface area contributed by atoms with Gasteiger partial charge in [-0.05, 0) is 76.7 Å². The molecule has 1 aromatic carbocycles. The average molecular weight is 553 g/mol. The van der Waals surface area contributed by atoms with Crippen molar-refractivity contribution >= 4 is 29.9 Å². The maximum absolute atomic E-state index is 4.82. The van der Waals surface area contributed by atoms with Gasteiger partial charge in [0.15, 0.2) is 5.96 Å². The Hall–Kier alpha value is -1.61. The van der Waals surface area contributed by atoms with E-state index in [1.807, 2.05) is 11.7 Å². The van der Waals surface area contributed by atoms with Gasteiger partial charge in [-0.1, -0.05) is 30.7 Å². The number of aromatic nitrogens is 2. The summed E-state index contributed by atoms with van der Waals surface area (Å²) in [6.07, 6.45) is 4.99. The van der Waals surface area contributed by atoms with Crippen LogP contribution in [0.5, 0.6) is 0 Å². The van der Waals surface area contributed by atoms with Gasteiger partial charge in [-0.2, -0.15) is 5.10 Å². The van der Waals surface area contributed by atoms with Gasteiger partial charge in [0.2, 0.25) is 0 Å². The van der Waals surface area contributed by atoms with E-state index in [0.717, 1.165) is 31.2 Å². The summed E-state index contributed by atoms with van der Waals surface area (Å²) in [7, 11) is 2.01. The Kier molecular flexibility index (Phi) is 11.0. The van der Waals surface area contributed by atoms with Gasteiger partial charge >= 0.3 is 0 Å². The van der Waals surface area contributed by atoms with Crippen LogP contribution in [0.2, 0.25) is 0 Å². The quantitative estimate of drug-likeness (QED) is 0.291. The average Bonchev–Trinajstić information content (AvgIpc) is 3.00. The molecule has 0 aliphatic carbocycles. The fourth-order valence-electron chi connectivity index (χ4n) is 4.32. The molecule has 2 N–H and O–H groups in total. The van der Waals surface area contributed by atoms with Gasteiger partial charge in [0.1, 0.15) is 0 Å². The van der Waals surface area contributed by atoms with E-state index in [1.165, 1.54) is 54.7 Å². The normalized spacial score (nSPS) is 15.8. The molecule has 1 aromatic heterocycles. The van der Waals surface area contributed by atoms with E-state index in [2.05, 4.69) is 72.6 Å². The molecule has 1 fully saturated rings. The Bertz CT molecular complexity index is 852. The molecule has 0 bridgehead atoms. The van der Waals surface area contributed by atoms with Gasteiger partial charge in [0.25, 0.3) is 0 Å². The van der Waals surface area contributed by atoms with Crippen molar-refractivity contribution in [3.8, 4) is 0 Å². The minimum Gasteiger partial charge on any atom is -0.357 e. The van der Waals surface area contributed by atoms with Crippen LogP contribution in [-0.4, -0.2) is 46.3 Å². The summed E-state index contributed by atoms with van der Waals surface area (Å²) in [5.74, 6) is 0.867. The van der Waals surface area contributed by atoms with E-state index in [9.17, 15) is 0 Å². The fourth-order valence-corrected chi connectivity index (χ4v) is 4.32. The van der Waals surface area contributed by atoms with Crippen LogP contribution in [0.15, 0.2) is 29.3 Å². The zero-order valence-corrected chi connectivity index (χ0v) is 22.8. The van der Waals surface area contributed by atoms with Crippen molar-refractivity contribution in [2.75, 3.05) is 19.6 Å². The molecule has 1 aliphatic heterocycles. The second-order valence-electron chi connectivity index (χ2n) is 8.87. The van der Waals surface area contributed by atoms with Gasteiger partial charge in [-0.3, -0.25) is 9.58 Å². The summed E-state index contributed by atoms with van der Waals surface area (Å²) in [6.45, 7) is 13.6. The van der Waals surface area contributed by atoms with Crippen molar-refractivity contribution in [1.82, 2.24) is 25.3 Å². The van der Waals surface area contributed by atoms with Crippen molar-refractivity contribution in [2.24, 2.45) is 12.0 Å². The van der Waals surface area contributed by atoms with Crippen LogP contribution in [0.3, 0.4) is 0 Å². The molecule has 2 aromatic rings. The molecule has 0 spiro atoms. The lowest BCUT2D eigenvalue weighted by molar-refractivity contribution is 0.221. The highest BCUT2D eigenvalue weighted by atomic mass is 127. The molecule has 1 atom stereocenters. The van der Waals surface area contributed by atoms with Crippen molar-refractivity contribution in [2.45, 2.75) is 72.5 Å². The summed E-state index contributed by atoms with van der Waals surface area (Å²) in [5, 5.41) is 11.5. The topological polar surface area (TPSA) is 57.5 Å². The molecule has 0 amide bonds. The Morgan fingerprint density at radius 3 is 2.34 bits per heavy atom. The van der Waals surface area contributed by atoms with Crippen LogP contribution >= 0.6 is 24.0 Å². The number of hydrogen-bond donors (Lipinski definition) is 2. The number of guanidine groups is 1. The highest BCUT2D eigenvalue weighted by molar-refractivity contribution is 14.0. The lowest BCUT2D eigenvalue weighted by Crippen LogP contribution is -2.43. The molecule has 32 heavy (non-hydrogen) atoms. The first-order chi connectivity index (χ1) is 15.0. The first-order valence-corrected chi connectivity index (χ1v) is 11.8. The Labute approximate surface area is 211 Å². The lowest BCUT2D eigenvalue weighted by atomic mass is 10.1. The number of aryl methyl sites for hydroxylation is 2. The van der Waals surface area contributed by atoms with E-state index < -0.39 is 0 Å². The Balaban J connectivity index is 0.00000363. The standard InChI is InChI=1S/C25H40N6.HI/c1-6-26-25(28-19(2)16-24-20(3)29-30(5)21(24)4)27-17-22-10-12-23(13-11-22)18-31-14-8-7-9-15-31;/h10-13,19H,6-9,14-18H2,1-5H3,(H2,26,27,28);1H. The number of rotatable bonds is 8.